The van der Waals surface area contributed by atoms with Gasteiger partial charge in [-0.1, -0.05) is 0 Å². The van der Waals surface area contributed by atoms with Gasteiger partial charge in [-0.25, -0.2) is 0 Å². The van der Waals surface area contributed by atoms with Crippen LogP contribution in [-0.4, -0.2) is 36.9 Å². The Hall–Kier alpha value is -1.10. The minimum Gasteiger partial charge on any atom is -0.480 e. The van der Waals surface area contributed by atoms with Gasteiger partial charge in [0, 0.05) is 13.2 Å². The van der Waals surface area contributed by atoms with Gasteiger partial charge >= 0.3 is 11.9 Å². The lowest BCUT2D eigenvalue weighted by atomic mass is 9.81. The van der Waals surface area contributed by atoms with Crippen LogP contribution >= 0.6 is 0 Å². The molecule has 1 aliphatic heterocycles. The number of aliphatic carboxylic acids is 1. The van der Waals surface area contributed by atoms with Crippen molar-refractivity contribution in [3.8, 4) is 0 Å². The lowest BCUT2D eigenvalue weighted by molar-refractivity contribution is -0.169. The molecule has 0 aliphatic carbocycles. The van der Waals surface area contributed by atoms with E-state index in [4.69, 9.17) is 14.6 Å². The maximum Gasteiger partial charge on any atom is 0.323 e. The maximum absolute atomic E-state index is 11.7. The van der Waals surface area contributed by atoms with Crippen molar-refractivity contribution < 1.29 is 24.2 Å². The molecule has 5 nitrogen and oxygen atoms in total. The lowest BCUT2D eigenvalue weighted by Gasteiger charge is -2.24. The SMILES string of the molecule is CCOC(=O)C1(C(=O)O)CCCOCC1. The van der Waals surface area contributed by atoms with Crippen LogP contribution in [0.15, 0.2) is 0 Å². The molecule has 5 heteroatoms. The van der Waals surface area contributed by atoms with Gasteiger partial charge in [0.15, 0.2) is 5.41 Å². The van der Waals surface area contributed by atoms with E-state index in [0.717, 1.165) is 0 Å². The molecule has 0 aromatic heterocycles. The standard InChI is InChI=1S/C10H16O5/c1-2-15-9(13)10(8(11)12)4-3-6-14-7-5-10/h2-7H2,1H3,(H,11,12). The van der Waals surface area contributed by atoms with Crippen molar-refractivity contribution >= 4 is 11.9 Å². The van der Waals surface area contributed by atoms with Gasteiger partial charge in [0.25, 0.3) is 0 Å². The molecule has 1 fully saturated rings. The molecule has 1 heterocycles. The first-order valence-electron chi connectivity index (χ1n) is 5.12. The molecule has 0 bridgehead atoms. The molecule has 0 amide bonds. The molecule has 1 atom stereocenters. The maximum atomic E-state index is 11.7. The average molecular weight is 216 g/mol. The van der Waals surface area contributed by atoms with Crippen molar-refractivity contribution in [2.75, 3.05) is 19.8 Å². The van der Waals surface area contributed by atoms with E-state index in [1.165, 1.54) is 0 Å². The zero-order valence-corrected chi connectivity index (χ0v) is 8.82. The van der Waals surface area contributed by atoms with E-state index in [1.807, 2.05) is 0 Å². The fourth-order valence-electron chi connectivity index (χ4n) is 1.72. The Morgan fingerprint density at radius 2 is 2.13 bits per heavy atom. The van der Waals surface area contributed by atoms with Gasteiger partial charge in [0.1, 0.15) is 0 Å². The minimum absolute atomic E-state index is 0.196. The Kier molecular flexibility index (Phi) is 4.08. The van der Waals surface area contributed by atoms with Crippen LogP contribution in [0.1, 0.15) is 26.2 Å². The number of hydrogen-bond donors (Lipinski definition) is 1. The monoisotopic (exact) mass is 216 g/mol. The summed E-state index contributed by atoms with van der Waals surface area (Å²) in [5.74, 6) is -1.74. The van der Waals surface area contributed by atoms with E-state index in [2.05, 4.69) is 0 Å². The number of carbonyl (C=O) groups is 2. The van der Waals surface area contributed by atoms with E-state index < -0.39 is 17.4 Å². The number of esters is 1. The van der Waals surface area contributed by atoms with Crippen molar-refractivity contribution in [3.63, 3.8) is 0 Å². The first kappa shape index (κ1) is 12.0. The highest BCUT2D eigenvalue weighted by Gasteiger charge is 2.47. The van der Waals surface area contributed by atoms with E-state index in [-0.39, 0.29) is 13.0 Å². The summed E-state index contributed by atoms with van der Waals surface area (Å²) in [5.41, 5.74) is -1.40. The molecular weight excluding hydrogens is 200 g/mol. The molecule has 0 aromatic carbocycles. The number of carboxylic acid groups (broad SMARTS) is 1. The normalized spacial score (nSPS) is 26.7. The van der Waals surface area contributed by atoms with Crippen LogP contribution < -0.4 is 0 Å². The molecule has 0 radical (unpaired) electrons. The van der Waals surface area contributed by atoms with E-state index >= 15 is 0 Å². The summed E-state index contributed by atoms with van der Waals surface area (Å²) in [6.07, 6.45) is 1.06. The summed E-state index contributed by atoms with van der Waals surface area (Å²) < 4.78 is 9.98. The quantitative estimate of drug-likeness (QED) is 0.558. The number of hydrogen-bond acceptors (Lipinski definition) is 4. The second kappa shape index (κ2) is 5.11. The molecule has 1 aliphatic rings. The van der Waals surface area contributed by atoms with Crippen LogP contribution in [-0.2, 0) is 19.1 Å². The summed E-state index contributed by atoms with van der Waals surface area (Å²) in [4.78, 5) is 22.8. The first-order chi connectivity index (χ1) is 7.13. The Morgan fingerprint density at radius 1 is 1.40 bits per heavy atom. The molecule has 0 aromatic rings. The van der Waals surface area contributed by atoms with Gasteiger partial charge in [-0.05, 0) is 26.2 Å². The van der Waals surface area contributed by atoms with Gasteiger partial charge in [-0.3, -0.25) is 9.59 Å². The zero-order chi connectivity index (χ0) is 11.3. The number of rotatable bonds is 3. The summed E-state index contributed by atoms with van der Waals surface area (Å²) in [7, 11) is 0. The molecule has 1 N–H and O–H groups in total. The van der Waals surface area contributed by atoms with Crippen LogP contribution in [0.2, 0.25) is 0 Å². The third kappa shape index (κ3) is 2.47. The fourth-order valence-corrected chi connectivity index (χ4v) is 1.72. The average Bonchev–Trinajstić information content (AvgIpc) is 2.43. The highest BCUT2D eigenvalue weighted by molar-refractivity contribution is 5.99. The fraction of sp³-hybridized carbons (Fsp3) is 0.800. The second-order valence-corrected chi connectivity index (χ2v) is 3.57. The Labute approximate surface area is 88.4 Å². The third-order valence-electron chi connectivity index (χ3n) is 2.64. The summed E-state index contributed by atoms with van der Waals surface area (Å²) in [6, 6.07) is 0. The number of carbonyl (C=O) groups excluding carboxylic acids is 1. The molecule has 15 heavy (non-hydrogen) atoms. The molecule has 0 saturated carbocycles. The van der Waals surface area contributed by atoms with Crippen LogP contribution in [0.4, 0.5) is 0 Å². The van der Waals surface area contributed by atoms with Gasteiger partial charge < -0.3 is 14.6 Å². The summed E-state index contributed by atoms with van der Waals surface area (Å²) in [6.45, 7) is 2.68. The van der Waals surface area contributed by atoms with Gasteiger partial charge in [0.2, 0.25) is 0 Å². The van der Waals surface area contributed by atoms with Crippen molar-refractivity contribution in [2.45, 2.75) is 26.2 Å². The topological polar surface area (TPSA) is 72.8 Å². The summed E-state index contributed by atoms with van der Waals surface area (Å²) in [5, 5.41) is 9.15. The summed E-state index contributed by atoms with van der Waals surface area (Å²) >= 11 is 0. The lowest BCUT2D eigenvalue weighted by Crippen LogP contribution is -2.41. The highest BCUT2D eigenvalue weighted by atomic mass is 16.5. The Bertz CT molecular complexity index is 240. The molecule has 1 unspecified atom stereocenters. The van der Waals surface area contributed by atoms with Crippen LogP contribution in [0.3, 0.4) is 0 Å². The molecular formula is C10H16O5. The van der Waals surface area contributed by atoms with Crippen molar-refractivity contribution in [2.24, 2.45) is 5.41 Å². The van der Waals surface area contributed by atoms with E-state index in [1.54, 1.807) is 6.92 Å². The van der Waals surface area contributed by atoms with Crippen LogP contribution in [0.25, 0.3) is 0 Å². The van der Waals surface area contributed by atoms with Crippen molar-refractivity contribution in [3.05, 3.63) is 0 Å². The minimum atomic E-state index is -1.40. The Balaban J connectivity index is 2.84. The predicted molar refractivity (Wildman–Crippen MR) is 51.4 cm³/mol. The second-order valence-electron chi connectivity index (χ2n) is 3.57. The smallest absolute Gasteiger partial charge is 0.323 e. The molecule has 1 rings (SSSR count). The van der Waals surface area contributed by atoms with Gasteiger partial charge in [-0.15, -0.1) is 0 Å². The van der Waals surface area contributed by atoms with Crippen molar-refractivity contribution in [1.82, 2.24) is 0 Å². The van der Waals surface area contributed by atoms with E-state index in [9.17, 15) is 9.59 Å². The Morgan fingerprint density at radius 3 is 2.73 bits per heavy atom. The van der Waals surface area contributed by atoms with Gasteiger partial charge in [0.05, 0.1) is 6.61 Å². The van der Waals surface area contributed by atoms with E-state index in [0.29, 0.717) is 26.1 Å². The zero-order valence-electron chi connectivity index (χ0n) is 8.82. The number of ether oxygens (including phenoxy) is 2. The molecule has 1 saturated heterocycles. The first-order valence-corrected chi connectivity index (χ1v) is 5.12. The largest absolute Gasteiger partial charge is 0.480 e. The van der Waals surface area contributed by atoms with Gasteiger partial charge in [-0.2, -0.15) is 0 Å². The highest BCUT2D eigenvalue weighted by Crippen LogP contribution is 2.32. The van der Waals surface area contributed by atoms with Crippen LogP contribution in [0, 0.1) is 5.41 Å². The van der Waals surface area contributed by atoms with Crippen molar-refractivity contribution in [1.29, 1.82) is 0 Å². The molecule has 0 spiro atoms. The predicted octanol–water partition coefficient (Wildman–Crippen LogP) is 0.821. The number of carboxylic acids is 1. The van der Waals surface area contributed by atoms with Crippen LogP contribution in [0.5, 0.6) is 0 Å². The third-order valence-corrected chi connectivity index (χ3v) is 2.64. The molecule has 86 valence electrons.